The summed E-state index contributed by atoms with van der Waals surface area (Å²) in [6.45, 7) is 7.13. The van der Waals surface area contributed by atoms with Crippen LogP contribution in [0.25, 0.3) is 0 Å². The molecule has 5 nitrogen and oxygen atoms in total. The van der Waals surface area contributed by atoms with Gasteiger partial charge in [0.2, 0.25) is 0 Å². The third kappa shape index (κ3) is 7.64. The molecule has 0 aliphatic carbocycles. The number of rotatable bonds is 9. The summed E-state index contributed by atoms with van der Waals surface area (Å²) in [5.41, 5.74) is 5.40. The number of hydrogen-bond acceptors (Lipinski definition) is 3. The van der Waals surface area contributed by atoms with E-state index in [9.17, 15) is 8.42 Å². The Hall–Kier alpha value is -0.240. The van der Waals surface area contributed by atoms with E-state index in [1.165, 1.54) is 4.31 Å². The molecule has 0 radical (unpaired) electrons. The van der Waals surface area contributed by atoms with E-state index in [1.54, 1.807) is 0 Å². The summed E-state index contributed by atoms with van der Waals surface area (Å²) in [5.74, 6) is 0.263. The van der Waals surface area contributed by atoms with Crippen molar-refractivity contribution in [3.8, 4) is 0 Å². The van der Waals surface area contributed by atoms with Gasteiger partial charge in [0.25, 0.3) is 10.2 Å². The lowest BCUT2D eigenvalue weighted by Gasteiger charge is -2.23. The van der Waals surface area contributed by atoms with Crippen LogP contribution in [0.3, 0.4) is 0 Å². The molecule has 0 aromatic heterocycles. The molecule has 0 aliphatic rings. The highest BCUT2D eigenvalue weighted by molar-refractivity contribution is 7.87. The minimum absolute atomic E-state index is 0.263. The van der Waals surface area contributed by atoms with Gasteiger partial charge >= 0.3 is 0 Å². The molecular weight excluding hydrogens is 258 g/mol. The number of hydrogen-bond donors (Lipinski definition) is 2. The van der Waals surface area contributed by atoms with Crippen molar-refractivity contribution < 1.29 is 8.42 Å². The highest BCUT2D eigenvalue weighted by Crippen LogP contribution is 2.05. The topological polar surface area (TPSA) is 75.4 Å². The van der Waals surface area contributed by atoms with Gasteiger partial charge in [-0.05, 0) is 12.3 Å². The van der Waals surface area contributed by atoms with Crippen LogP contribution in [0.15, 0.2) is 0 Å². The Kier molecular flexibility index (Phi) is 7.85. The minimum Gasteiger partial charge on any atom is -0.393 e. The number of thiocarbonyl (C=S) groups is 1. The second-order valence-electron chi connectivity index (χ2n) is 4.37. The van der Waals surface area contributed by atoms with Gasteiger partial charge in [-0.3, -0.25) is 0 Å². The standard InChI is InChI=1S/C10H23N3O2S2/c1-4-6-12-17(14,15)13(8-9(2)3)7-5-10(11)16/h9,12H,4-8H2,1-3H3,(H2,11,16). The van der Waals surface area contributed by atoms with E-state index >= 15 is 0 Å². The van der Waals surface area contributed by atoms with Crippen molar-refractivity contribution in [3.63, 3.8) is 0 Å². The minimum atomic E-state index is -3.41. The van der Waals surface area contributed by atoms with Gasteiger partial charge in [-0.2, -0.15) is 12.7 Å². The summed E-state index contributed by atoms with van der Waals surface area (Å²) in [6.07, 6.45) is 1.18. The largest absolute Gasteiger partial charge is 0.393 e. The van der Waals surface area contributed by atoms with Gasteiger partial charge in [0.05, 0.1) is 4.99 Å². The predicted molar refractivity (Wildman–Crippen MR) is 75.0 cm³/mol. The summed E-state index contributed by atoms with van der Waals surface area (Å²) < 4.78 is 27.9. The van der Waals surface area contributed by atoms with Gasteiger partial charge in [0, 0.05) is 26.1 Å². The molecule has 0 aliphatic heterocycles. The summed E-state index contributed by atoms with van der Waals surface area (Å²) in [4.78, 5) is 0.337. The molecule has 7 heteroatoms. The van der Waals surface area contributed by atoms with Crippen molar-refractivity contribution in [2.45, 2.75) is 33.6 Å². The lowest BCUT2D eigenvalue weighted by atomic mass is 10.2. The molecule has 0 aromatic rings. The lowest BCUT2D eigenvalue weighted by molar-refractivity contribution is 0.368. The lowest BCUT2D eigenvalue weighted by Crippen LogP contribution is -2.44. The third-order valence-corrected chi connectivity index (χ3v) is 3.84. The fourth-order valence-electron chi connectivity index (χ4n) is 1.27. The van der Waals surface area contributed by atoms with Crippen molar-refractivity contribution in [1.29, 1.82) is 0 Å². The zero-order valence-corrected chi connectivity index (χ0v) is 12.4. The van der Waals surface area contributed by atoms with Crippen LogP contribution in [0, 0.1) is 5.92 Å². The fourth-order valence-corrected chi connectivity index (χ4v) is 2.84. The normalized spacial score (nSPS) is 12.3. The number of nitrogens with zero attached hydrogens (tertiary/aromatic N) is 1. The molecular formula is C10H23N3O2S2. The van der Waals surface area contributed by atoms with Crippen LogP contribution >= 0.6 is 12.2 Å². The zero-order chi connectivity index (χ0) is 13.5. The molecule has 0 saturated heterocycles. The van der Waals surface area contributed by atoms with Crippen molar-refractivity contribution in [1.82, 2.24) is 9.03 Å². The van der Waals surface area contributed by atoms with Crippen LogP contribution in [0.1, 0.15) is 33.6 Å². The maximum atomic E-state index is 12.0. The van der Waals surface area contributed by atoms with E-state index in [4.69, 9.17) is 18.0 Å². The van der Waals surface area contributed by atoms with Crippen molar-refractivity contribution >= 4 is 27.4 Å². The second kappa shape index (κ2) is 7.97. The van der Waals surface area contributed by atoms with Crippen LogP contribution < -0.4 is 10.5 Å². The van der Waals surface area contributed by atoms with E-state index in [0.29, 0.717) is 31.0 Å². The first kappa shape index (κ1) is 16.8. The Morgan fingerprint density at radius 1 is 1.47 bits per heavy atom. The summed E-state index contributed by atoms with van der Waals surface area (Å²) >= 11 is 4.77. The van der Waals surface area contributed by atoms with Crippen LogP contribution in [-0.4, -0.2) is 37.3 Å². The van der Waals surface area contributed by atoms with Gasteiger partial charge in [0.15, 0.2) is 0 Å². The summed E-state index contributed by atoms with van der Waals surface area (Å²) in [5, 5.41) is 0. The fraction of sp³-hybridized carbons (Fsp3) is 0.900. The molecule has 0 spiro atoms. The molecule has 3 N–H and O–H groups in total. The van der Waals surface area contributed by atoms with E-state index in [0.717, 1.165) is 6.42 Å². The van der Waals surface area contributed by atoms with Crippen LogP contribution in [0.2, 0.25) is 0 Å². The van der Waals surface area contributed by atoms with Gasteiger partial charge in [-0.1, -0.05) is 33.0 Å². The average molecular weight is 281 g/mol. The molecule has 0 amide bonds. The van der Waals surface area contributed by atoms with Crippen molar-refractivity contribution in [2.24, 2.45) is 11.7 Å². The van der Waals surface area contributed by atoms with Crippen LogP contribution in [-0.2, 0) is 10.2 Å². The van der Waals surface area contributed by atoms with Gasteiger partial charge in [-0.25, -0.2) is 4.72 Å². The van der Waals surface area contributed by atoms with Gasteiger partial charge in [0.1, 0.15) is 0 Å². The van der Waals surface area contributed by atoms with Crippen molar-refractivity contribution in [3.05, 3.63) is 0 Å². The average Bonchev–Trinajstić information content (AvgIpc) is 2.20. The number of nitrogens with two attached hydrogens (primary N) is 1. The smallest absolute Gasteiger partial charge is 0.279 e. The monoisotopic (exact) mass is 281 g/mol. The molecule has 0 unspecified atom stereocenters. The molecule has 0 rings (SSSR count). The maximum absolute atomic E-state index is 12.0. The zero-order valence-electron chi connectivity index (χ0n) is 10.8. The molecule has 0 heterocycles. The summed E-state index contributed by atoms with van der Waals surface area (Å²) in [6, 6.07) is 0. The second-order valence-corrected chi connectivity index (χ2v) is 6.65. The van der Waals surface area contributed by atoms with Crippen LogP contribution in [0.5, 0.6) is 0 Å². The van der Waals surface area contributed by atoms with E-state index in [2.05, 4.69) is 4.72 Å². The first-order valence-electron chi connectivity index (χ1n) is 5.82. The van der Waals surface area contributed by atoms with E-state index in [-0.39, 0.29) is 5.92 Å². The Balaban J connectivity index is 4.59. The first-order valence-corrected chi connectivity index (χ1v) is 7.67. The highest BCUT2D eigenvalue weighted by atomic mass is 32.2. The Bertz CT molecular complexity index is 328. The Morgan fingerprint density at radius 3 is 2.47 bits per heavy atom. The van der Waals surface area contributed by atoms with E-state index < -0.39 is 10.2 Å². The van der Waals surface area contributed by atoms with Gasteiger partial charge in [-0.15, -0.1) is 0 Å². The molecule has 0 fully saturated rings. The van der Waals surface area contributed by atoms with Crippen molar-refractivity contribution in [2.75, 3.05) is 19.6 Å². The molecule has 0 bridgehead atoms. The quantitative estimate of drug-likeness (QED) is 0.615. The van der Waals surface area contributed by atoms with Crippen LogP contribution in [0.4, 0.5) is 0 Å². The maximum Gasteiger partial charge on any atom is 0.279 e. The molecule has 0 aromatic carbocycles. The Morgan fingerprint density at radius 2 is 2.06 bits per heavy atom. The molecule has 0 saturated carbocycles. The molecule has 0 atom stereocenters. The predicted octanol–water partition coefficient (Wildman–Crippen LogP) is 0.865. The Labute approximate surface area is 110 Å². The molecule has 102 valence electrons. The SMILES string of the molecule is CCCNS(=O)(=O)N(CCC(N)=S)CC(C)C. The first-order chi connectivity index (χ1) is 7.79. The third-order valence-electron chi connectivity index (χ3n) is 2.05. The summed E-state index contributed by atoms with van der Waals surface area (Å²) in [7, 11) is -3.41. The van der Waals surface area contributed by atoms with E-state index in [1.807, 2.05) is 20.8 Å². The number of nitrogens with one attached hydrogen (secondary N) is 1. The molecule has 17 heavy (non-hydrogen) atoms. The van der Waals surface area contributed by atoms with Gasteiger partial charge < -0.3 is 5.73 Å². The highest BCUT2D eigenvalue weighted by Gasteiger charge is 2.21.